The van der Waals surface area contributed by atoms with Crippen molar-refractivity contribution in [1.29, 1.82) is 0 Å². The van der Waals surface area contributed by atoms with Crippen molar-refractivity contribution in [3.05, 3.63) is 24.5 Å². The van der Waals surface area contributed by atoms with Gasteiger partial charge in [0.15, 0.2) is 11.7 Å². The lowest BCUT2D eigenvalue weighted by atomic mass is 10.0. The number of oxazole rings is 1. The molecule has 0 fully saturated rings. The van der Waals surface area contributed by atoms with Crippen LogP contribution in [0.25, 0.3) is 11.5 Å². The highest BCUT2D eigenvalue weighted by Crippen LogP contribution is 2.25. The van der Waals surface area contributed by atoms with Gasteiger partial charge in [0.05, 0.1) is 0 Å². The molecule has 0 atom stereocenters. The second-order valence-corrected chi connectivity index (χ2v) is 3.95. The molecule has 4 nitrogen and oxygen atoms in total. The van der Waals surface area contributed by atoms with E-state index in [-0.39, 0.29) is 0 Å². The minimum atomic E-state index is 0.411. The van der Waals surface area contributed by atoms with Crippen LogP contribution < -0.4 is 0 Å². The number of aryl methyl sites for hydroxylation is 1. The molecule has 0 saturated carbocycles. The second kappa shape index (κ2) is 4.51. The average molecular weight is 219 g/mol. The molecule has 0 saturated heterocycles. The molecule has 0 aromatic carbocycles. The van der Waals surface area contributed by atoms with Crippen molar-refractivity contribution in [3.8, 4) is 11.5 Å². The summed E-state index contributed by atoms with van der Waals surface area (Å²) in [5, 5.41) is 0. The van der Waals surface area contributed by atoms with Crippen molar-refractivity contribution in [1.82, 2.24) is 14.5 Å². The highest BCUT2D eigenvalue weighted by Gasteiger charge is 2.15. The SMILES string of the molecule is CCC(CC)c1nc(-c2nccn2C)co1. The highest BCUT2D eigenvalue weighted by atomic mass is 16.3. The van der Waals surface area contributed by atoms with E-state index in [2.05, 4.69) is 23.8 Å². The Bertz CT molecular complexity index is 454. The van der Waals surface area contributed by atoms with Crippen molar-refractivity contribution in [2.75, 3.05) is 0 Å². The molecule has 4 heteroatoms. The Morgan fingerprint density at radius 1 is 1.38 bits per heavy atom. The molecule has 2 aromatic heterocycles. The van der Waals surface area contributed by atoms with Crippen LogP contribution in [0, 0.1) is 0 Å². The van der Waals surface area contributed by atoms with Crippen LogP contribution in [0.3, 0.4) is 0 Å². The van der Waals surface area contributed by atoms with Gasteiger partial charge < -0.3 is 8.98 Å². The van der Waals surface area contributed by atoms with Crippen molar-refractivity contribution >= 4 is 0 Å². The minimum Gasteiger partial charge on any atom is -0.448 e. The summed E-state index contributed by atoms with van der Waals surface area (Å²) in [6.45, 7) is 4.30. The molecular weight excluding hydrogens is 202 g/mol. The number of aromatic nitrogens is 3. The van der Waals surface area contributed by atoms with E-state index < -0.39 is 0 Å². The molecular formula is C12H17N3O. The third-order valence-corrected chi connectivity index (χ3v) is 2.91. The number of hydrogen-bond donors (Lipinski definition) is 0. The number of hydrogen-bond acceptors (Lipinski definition) is 3. The zero-order valence-corrected chi connectivity index (χ0v) is 9.97. The summed E-state index contributed by atoms with van der Waals surface area (Å²) in [4.78, 5) is 8.76. The molecule has 16 heavy (non-hydrogen) atoms. The summed E-state index contributed by atoms with van der Waals surface area (Å²) in [5.41, 5.74) is 0.814. The maximum Gasteiger partial charge on any atom is 0.197 e. The van der Waals surface area contributed by atoms with Crippen LogP contribution in [0.2, 0.25) is 0 Å². The zero-order valence-electron chi connectivity index (χ0n) is 9.97. The van der Waals surface area contributed by atoms with Crippen molar-refractivity contribution < 1.29 is 4.42 Å². The molecule has 0 spiro atoms. The standard InChI is InChI=1S/C12H17N3O/c1-4-9(5-2)12-14-10(8-16-12)11-13-6-7-15(11)3/h6-9H,4-5H2,1-3H3. The summed E-state index contributed by atoms with van der Waals surface area (Å²) < 4.78 is 7.46. The van der Waals surface area contributed by atoms with Crippen molar-refractivity contribution in [2.24, 2.45) is 7.05 Å². The topological polar surface area (TPSA) is 43.9 Å². The normalized spacial score (nSPS) is 11.2. The van der Waals surface area contributed by atoms with Gasteiger partial charge in [0, 0.05) is 25.4 Å². The monoisotopic (exact) mass is 219 g/mol. The summed E-state index contributed by atoms with van der Waals surface area (Å²) >= 11 is 0. The van der Waals surface area contributed by atoms with E-state index in [1.165, 1.54) is 0 Å². The zero-order chi connectivity index (χ0) is 11.5. The fourth-order valence-electron chi connectivity index (χ4n) is 1.83. The molecule has 2 rings (SSSR count). The largest absolute Gasteiger partial charge is 0.448 e. The number of imidazole rings is 1. The Balaban J connectivity index is 2.29. The van der Waals surface area contributed by atoms with Crippen molar-refractivity contribution in [3.63, 3.8) is 0 Å². The van der Waals surface area contributed by atoms with E-state index in [4.69, 9.17) is 4.42 Å². The first-order valence-corrected chi connectivity index (χ1v) is 5.69. The minimum absolute atomic E-state index is 0.411. The van der Waals surface area contributed by atoms with E-state index in [9.17, 15) is 0 Å². The lowest BCUT2D eigenvalue weighted by Crippen LogP contribution is -1.96. The lowest BCUT2D eigenvalue weighted by Gasteiger charge is -2.05. The van der Waals surface area contributed by atoms with E-state index >= 15 is 0 Å². The fraction of sp³-hybridized carbons (Fsp3) is 0.500. The van der Waals surface area contributed by atoms with Gasteiger partial charge in [-0.05, 0) is 12.8 Å². The molecule has 2 aromatic rings. The van der Waals surface area contributed by atoms with Gasteiger partial charge in [0.1, 0.15) is 12.0 Å². The molecule has 0 unspecified atom stereocenters. The van der Waals surface area contributed by atoms with Crippen molar-refractivity contribution in [2.45, 2.75) is 32.6 Å². The first-order valence-electron chi connectivity index (χ1n) is 5.69. The average Bonchev–Trinajstić information content (AvgIpc) is 2.89. The number of nitrogens with zero attached hydrogens (tertiary/aromatic N) is 3. The molecule has 2 heterocycles. The van der Waals surface area contributed by atoms with Crippen LogP contribution in [-0.2, 0) is 7.05 Å². The van der Waals surface area contributed by atoms with Gasteiger partial charge in [-0.2, -0.15) is 0 Å². The third kappa shape index (κ3) is 1.87. The van der Waals surface area contributed by atoms with Gasteiger partial charge in [0.25, 0.3) is 0 Å². The van der Waals surface area contributed by atoms with Gasteiger partial charge in [0.2, 0.25) is 0 Å². The van der Waals surface area contributed by atoms with Crippen LogP contribution in [0.5, 0.6) is 0 Å². The predicted molar refractivity (Wildman–Crippen MR) is 62.0 cm³/mol. The van der Waals surface area contributed by atoms with E-state index in [1.54, 1.807) is 12.5 Å². The predicted octanol–water partition coefficient (Wildman–Crippen LogP) is 2.98. The Morgan fingerprint density at radius 3 is 2.69 bits per heavy atom. The molecule has 0 amide bonds. The summed E-state index contributed by atoms with van der Waals surface area (Å²) in [5.74, 6) is 2.08. The first-order chi connectivity index (χ1) is 7.76. The van der Waals surface area contributed by atoms with Crippen LogP contribution >= 0.6 is 0 Å². The molecule has 0 N–H and O–H groups in total. The third-order valence-electron chi connectivity index (χ3n) is 2.91. The molecule has 0 radical (unpaired) electrons. The maximum absolute atomic E-state index is 5.52. The van der Waals surface area contributed by atoms with E-state index in [0.717, 1.165) is 30.3 Å². The smallest absolute Gasteiger partial charge is 0.197 e. The summed E-state index contributed by atoms with van der Waals surface area (Å²) in [6.07, 6.45) is 7.46. The molecule has 0 aliphatic carbocycles. The van der Waals surface area contributed by atoms with Crippen LogP contribution in [0.15, 0.2) is 23.1 Å². The van der Waals surface area contributed by atoms with Gasteiger partial charge in [-0.1, -0.05) is 13.8 Å². The van der Waals surface area contributed by atoms with Gasteiger partial charge >= 0.3 is 0 Å². The lowest BCUT2D eigenvalue weighted by molar-refractivity contribution is 0.431. The Morgan fingerprint density at radius 2 is 2.12 bits per heavy atom. The quantitative estimate of drug-likeness (QED) is 0.794. The first kappa shape index (κ1) is 10.9. The highest BCUT2D eigenvalue weighted by molar-refractivity contribution is 5.47. The van der Waals surface area contributed by atoms with E-state index in [0.29, 0.717) is 5.92 Å². The Labute approximate surface area is 95.3 Å². The maximum atomic E-state index is 5.52. The number of rotatable bonds is 4. The van der Waals surface area contributed by atoms with Crippen LogP contribution in [0.4, 0.5) is 0 Å². The van der Waals surface area contributed by atoms with Crippen LogP contribution in [-0.4, -0.2) is 14.5 Å². The van der Waals surface area contributed by atoms with Crippen LogP contribution in [0.1, 0.15) is 38.5 Å². The second-order valence-electron chi connectivity index (χ2n) is 3.95. The van der Waals surface area contributed by atoms with Gasteiger partial charge in [-0.3, -0.25) is 0 Å². The molecule has 0 aliphatic heterocycles. The fourth-order valence-corrected chi connectivity index (χ4v) is 1.83. The molecule has 0 bridgehead atoms. The Kier molecular flexibility index (Phi) is 3.08. The summed E-state index contributed by atoms with van der Waals surface area (Å²) in [7, 11) is 1.95. The molecule has 86 valence electrons. The summed E-state index contributed by atoms with van der Waals surface area (Å²) in [6, 6.07) is 0. The van der Waals surface area contributed by atoms with Gasteiger partial charge in [-0.15, -0.1) is 0 Å². The Hall–Kier alpha value is -1.58. The van der Waals surface area contributed by atoms with E-state index in [1.807, 2.05) is 17.8 Å². The van der Waals surface area contributed by atoms with Gasteiger partial charge in [-0.25, -0.2) is 9.97 Å². The molecule has 0 aliphatic rings.